The lowest BCUT2D eigenvalue weighted by atomic mass is 9.83. The molecule has 22 heavy (non-hydrogen) atoms. The summed E-state index contributed by atoms with van der Waals surface area (Å²) in [7, 11) is 0. The van der Waals surface area contributed by atoms with E-state index in [1.165, 1.54) is 17.7 Å². The smallest absolute Gasteiger partial charge is 0.248 e. The van der Waals surface area contributed by atoms with Gasteiger partial charge in [-0.1, -0.05) is 0 Å². The number of aliphatic hydroxyl groups is 1. The van der Waals surface area contributed by atoms with E-state index in [9.17, 15) is 13.9 Å². The van der Waals surface area contributed by atoms with Gasteiger partial charge in [-0.15, -0.1) is 11.3 Å². The second-order valence-electron chi connectivity index (χ2n) is 6.78. The summed E-state index contributed by atoms with van der Waals surface area (Å²) in [4.78, 5) is 6.48. The fraction of sp³-hybridized carbons (Fsp3) is 0.688. The average Bonchev–Trinajstić information content (AvgIpc) is 3.10. The van der Waals surface area contributed by atoms with Crippen LogP contribution in [0.15, 0.2) is 12.5 Å². The van der Waals surface area contributed by atoms with Gasteiger partial charge in [-0.3, -0.25) is 4.40 Å². The van der Waals surface area contributed by atoms with Crippen LogP contribution in [-0.4, -0.2) is 20.4 Å². The standard InChI is InChI=1S/C16H20F2N2OS/c17-16(18)5-3-10(4-6-16)7-12(21)14-15(11-1-2-11)22-13-8-19-9-20(13)14/h8-12,21H,1-7H2. The van der Waals surface area contributed by atoms with Gasteiger partial charge in [0.1, 0.15) is 11.2 Å². The predicted molar refractivity (Wildman–Crippen MR) is 81.5 cm³/mol. The summed E-state index contributed by atoms with van der Waals surface area (Å²) in [6, 6.07) is 0. The van der Waals surface area contributed by atoms with E-state index in [1.54, 1.807) is 17.7 Å². The maximum absolute atomic E-state index is 13.3. The van der Waals surface area contributed by atoms with Crippen LogP contribution in [0, 0.1) is 5.92 Å². The Balaban J connectivity index is 1.54. The Morgan fingerprint density at radius 1 is 1.32 bits per heavy atom. The minimum Gasteiger partial charge on any atom is -0.387 e. The number of hydrogen-bond donors (Lipinski definition) is 1. The van der Waals surface area contributed by atoms with Crippen molar-refractivity contribution >= 4 is 16.2 Å². The van der Waals surface area contributed by atoms with Crippen LogP contribution >= 0.6 is 11.3 Å². The third kappa shape index (κ3) is 2.67. The zero-order valence-corrected chi connectivity index (χ0v) is 13.2. The van der Waals surface area contributed by atoms with E-state index in [1.807, 2.05) is 10.6 Å². The highest BCUT2D eigenvalue weighted by molar-refractivity contribution is 7.17. The summed E-state index contributed by atoms with van der Waals surface area (Å²) in [5.41, 5.74) is 0.956. The fourth-order valence-electron chi connectivity index (χ4n) is 3.55. The second-order valence-corrected chi connectivity index (χ2v) is 7.84. The van der Waals surface area contributed by atoms with Gasteiger partial charge in [0, 0.05) is 17.7 Å². The topological polar surface area (TPSA) is 37.5 Å². The van der Waals surface area contributed by atoms with Crippen molar-refractivity contribution in [1.29, 1.82) is 0 Å². The van der Waals surface area contributed by atoms with Crippen LogP contribution in [0.4, 0.5) is 8.78 Å². The van der Waals surface area contributed by atoms with E-state index >= 15 is 0 Å². The van der Waals surface area contributed by atoms with Gasteiger partial charge in [-0.25, -0.2) is 13.8 Å². The molecule has 2 aliphatic rings. The van der Waals surface area contributed by atoms with Crippen LogP contribution < -0.4 is 0 Å². The Labute approximate surface area is 132 Å². The Kier molecular flexibility index (Phi) is 3.49. The molecular weight excluding hydrogens is 306 g/mol. The van der Waals surface area contributed by atoms with Crippen molar-refractivity contribution in [2.24, 2.45) is 5.92 Å². The minimum absolute atomic E-state index is 0.0377. The minimum atomic E-state index is -2.50. The first-order valence-electron chi connectivity index (χ1n) is 8.04. The van der Waals surface area contributed by atoms with E-state index in [-0.39, 0.29) is 18.8 Å². The van der Waals surface area contributed by atoms with Crippen LogP contribution in [0.3, 0.4) is 0 Å². The third-order valence-electron chi connectivity index (χ3n) is 4.99. The number of nitrogens with zero attached hydrogens (tertiary/aromatic N) is 2. The number of alkyl halides is 2. The summed E-state index contributed by atoms with van der Waals surface area (Å²) in [6.07, 6.45) is 6.92. The molecule has 1 atom stereocenters. The molecule has 2 aromatic heterocycles. The van der Waals surface area contributed by atoms with Gasteiger partial charge in [0.05, 0.1) is 18.0 Å². The van der Waals surface area contributed by atoms with E-state index in [0.717, 1.165) is 10.5 Å². The lowest BCUT2D eigenvalue weighted by Gasteiger charge is -2.29. The highest BCUT2D eigenvalue weighted by atomic mass is 32.1. The number of aromatic nitrogens is 2. The monoisotopic (exact) mass is 326 g/mol. The Morgan fingerprint density at radius 2 is 2.05 bits per heavy atom. The molecule has 4 rings (SSSR count). The molecule has 0 saturated heterocycles. The Hall–Kier alpha value is -1.01. The number of thiazole rings is 1. The van der Waals surface area contributed by atoms with Crippen LogP contribution in [0.1, 0.15) is 67.5 Å². The molecule has 2 aromatic rings. The van der Waals surface area contributed by atoms with Crippen molar-refractivity contribution in [1.82, 2.24) is 9.38 Å². The molecule has 0 spiro atoms. The SMILES string of the molecule is OC(CC1CCC(F)(F)CC1)c1c(C2CC2)sc2cncn12. The molecule has 1 unspecified atom stereocenters. The van der Waals surface area contributed by atoms with Crippen LogP contribution in [0.25, 0.3) is 4.83 Å². The average molecular weight is 326 g/mol. The van der Waals surface area contributed by atoms with Crippen molar-refractivity contribution in [3.05, 3.63) is 23.1 Å². The summed E-state index contributed by atoms with van der Waals surface area (Å²) in [6.45, 7) is 0. The molecular formula is C16H20F2N2OS. The highest BCUT2D eigenvalue weighted by Crippen LogP contribution is 2.48. The highest BCUT2D eigenvalue weighted by Gasteiger charge is 2.37. The van der Waals surface area contributed by atoms with Gasteiger partial charge in [0.25, 0.3) is 0 Å². The molecule has 3 nitrogen and oxygen atoms in total. The van der Waals surface area contributed by atoms with Gasteiger partial charge < -0.3 is 5.11 Å². The van der Waals surface area contributed by atoms with E-state index in [0.29, 0.717) is 25.2 Å². The molecule has 2 heterocycles. The zero-order chi connectivity index (χ0) is 15.3. The van der Waals surface area contributed by atoms with Crippen molar-refractivity contribution in [3.8, 4) is 0 Å². The lowest BCUT2D eigenvalue weighted by molar-refractivity contribution is -0.0508. The Morgan fingerprint density at radius 3 is 2.73 bits per heavy atom. The first kappa shape index (κ1) is 14.6. The quantitative estimate of drug-likeness (QED) is 0.897. The maximum atomic E-state index is 13.3. The van der Waals surface area contributed by atoms with Crippen molar-refractivity contribution in [3.63, 3.8) is 0 Å². The molecule has 120 valence electrons. The summed E-state index contributed by atoms with van der Waals surface area (Å²) < 4.78 is 28.5. The van der Waals surface area contributed by atoms with E-state index < -0.39 is 12.0 Å². The molecule has 6 heteroatoms. The van der Waals surface area contributed by atoms with E-state index in [4.69, 9.17) is 0 Å². The molecule has 2 aliphatic carbocycles. The number of hydrogen-bond acceptors (Lipinski definition) is 3. The molecule has 0 aliphatic heterocycles. The van der Waals surface area contributed by atoms with Crippen molar-refractivity contribution in [2.45, 2.75) is 62.9 Å². The number of rotatable bonds is 4. The van der Waals surface area contributed by atoms with Crippen molar-refractivity contribution < 1.29 is 13.9 Å². The van der Waals surface area contributed by atoms with Crippen LogP contribution in [0.2, 0.25) is 0 Å². The molecule has 0 aromatic carbocycles. The maximum Gasteiger partial charge on any atom is 0.248 e. The molecule has 0 radical (unpaired) electrons. The van der Waals surface area contributed by atoms with Gasteiger partial charge in [-0.05, 0) is 43.9 Å². The van der Waals surface area contributed by atoms with Gasteiger partial charge in [0.2, 0.25) is 5.92 Å². The zero-order valence-electron chi connectivity index (χ0n) is 12.3. The summed E-state index contributed by atoms with van der Waals surface area (Å²) in [5.74, 6) is -1.73. The lowest BCUT2D eigenvalue weighted by Crippen LogP contribution is -2.25. The second kappa shape index (κ2) is 5.27. The number of imidazole rings is 1. The summed E-state index contributed by atoms with van der Waals surface area (Å²) >= 11 is 1.71. The number of fused-ring (bicyclic) bond motifs is 1. The molecule has 0 bridgehead atoms. The molecule has 0 amide bonds. The van der Waals surface area contributed by atoms with Crippen LogP contribution in [-0.2, 0) is 0 Å². The first-order chi connectivity index (χ1) is 10.5. The molecule has 1 N–H and O–H groups in total. The van der Waals surface area contributed by atoms with Gasteiger partial charge >= 0.3 is 0 Å². The van der Waals surface area contributed by atoms with E-state index in [2.05, 4.69) is 4.98 Å². The Bertz CT molecular complexity index is 667. The number of aliphatic hydroxyl groups excluding tert-OH is 1. The summed E-state index contributed by atoms with van der Waals surface area (Å²) in [5, 5.41) is 10.7. The largest absolute Gasteiger partial charge is 0.387 e. The fourth-order valence-corrected chi connectivity index (χ4v) is 4.87. The van der Waals surface area contributed by atoms with Gasteiger partial charge in [-0.2, -0.15) is 0 Å². The predicted octanol–water partition coefficient (Wildman–Crippen LogP) is 4.52. The van der Waals surface area contributed by atoms with Gasteiger partial charge in [0.15, 0.2) is 0 Å². The third-order valence-corrected chi connectivity index (χ3v) is 6.26. The first-order valence-corrected chi connectivity index (χ1v) is 8.86. The molecule has 2 fully saturated rings. The van der Waals surface area contributed by atoms with Crippen molar-refractivity contribution in [2.75, 3.05) is 0 Å². The van der Waals surface area contributed by atoms with Crippen LogP contribution in [0.5, 0.6) is 0 Å². The normalized spacial score (nSPS) is 24.0. The number of halogens is 2. The molecule has 2 saturated carbocycles.